The number of esters is 1. The first-order chi connectivity index (χ1) is 28.8. The van der Waals surface area contributed by atoms with Gasteiger partial charge in [0.05, 0.1) is 49.6 Å². The predicted octanol–water partition coefficient (Wildman–Crippen LogP) is 3.34. The van der Waals surface area contributed by atoms with Crippen LogP contribution in [-0.4, -0.2) is 176 Å². The number of hydrogen-bond donors (Lipinski definition) is 4. The molecule has 4 heterocycles. The van der Waals surface area contributed by atoms with Crippen molar-refractivity contribution in [1.29, 1.82) is 0 Å². The van der Waals surface area contributed by atoms with Gasteiger partial charge in [-0.05, 0) is 90.9 Å². The van der Waals surface area contributed by atoms with E-state index in [1.165, 1.54) is 20.6 Å². The molecule has 0 bridgehead atoms. The van der Waals surface area contributed by atoms with E-state index in [2.05, 4.69) is 18.7 Å². The van der Waals surface area contributed by atoms with Gasteiger partial charge >= 0.3 is 5.97 Å². The van der Waals surface area contributed by atoms with Crippen molar-refractivity contribution in [1.82, 2.24) is 9.80 Å². The number of allylic oxidation sites excluding steroid dienone is 3. The molecular weight excluding hydrogens is 789 g/mol. The quantitative estimate of drug-likeness (QED) is 0.209. The molecule has 4 aliphatic heterocycles. The Morgan fingerprint density at radius 1 is 0.820 bits per heavy atom. The maximum Gasteiger partial charge on any atom is 0.308 e. The minimum atomic E-state index is -1.23. The topological polar surface area (TPSA) is 186 Å². The molecule has 0 radical (unpaired) electrons. The first-order valence-corrected chi connectivity index (χ1v) is 22.6. The minimum Gasteiger partial charge on any atom is -0.462 e. The largest absolute Gasteiger partial charge is 0.462 e. The first kappa shape index (κ1) is 51.8. The molecule has 0 amide bonds. The lowest BCUT2D eigenvalue weighted by Gasteiger charge is -2.47. The number of carbonyl (C=O) groups excluding carboxylic acids is 2. The molecule has 3 saturated heterocycles. The average Bonchev–Trinajstić information content (AvgIpc) is 3.19. The molecule has 4 aliphatic rings. The van der Waals surface area contributed by atoms with E-state index in [0.29, 0.717) is 31.1 Å². The second kappa shape index (κ2) is 23.9. The Kier molecular flexibility index (Phi) is 20.3. The molecule has 4 rings (SSSR count). The van der Waals surface area contributed by atoms with Crippen molar-refractivity contribution < 1.29 is 63.2 Å². The lowest BCUT2D eigenvalue weighted by molar-refractivity contribution is -0.304. The fourth-order valence-electron chi connectivity index (χ4n) is 10.0. The summed E-state index contributed by atoms with van der Waals surface area (Å²) in [7, 11) is 6.54. The number of piperidine rings is 1. The number of aliphatic hydroxyl groups excluding tert-OH is 4. The van der Waals surface area contributed by atoms with Gasteiger partial charge in [-0.25, -0.2) is 0 Å². The van der Waals surface area contributed by atoms with Gasteiger partial charge in [-0.2, -0.15) is 0 Å². The van der Waals surface area contributed by atoms with Crippen LogP contribution in [0.5, 0.6) is 0 Å². The molecule has 3 fully saturated rings. The van der Waals surface area contributed by atoms with Crippen LogP contribution < -0.4 is 0 Å². The van der Waals surface area contributed by atoms with E-state index >= 15 is 0 Å². The minimum absolute atomic E-state index is 0.0427. The smallest absolute Gasteiger partial charge is 0.308 e. The summed E-state index contributed by atoms with van der Waals surface area (Å²) in [5.74, 6) is -1.46. The average molecular weight is 869 g/mol. The van der Waals surface area contributed by atoms with E-state index in [0.717, 1.165) is 25.2 Å². The Morgan fingerprint density at radius 3 is 2.05 bits per heavy atom. The lowest BCUT2D eigenvalue weighted by atomic mass is 9.79. The SMILES string of the molecule is CC[C@H]1OC(=O)C[C@@H](O)[C@H](C)[C@@H](O[C@@H]2O[C@H](C)C(O)C(N(C)C)C2O)[C@@H](CCN2CC(C)CC(C)C2)C[C@@H](C)C(=O)/C=C/C(C)=C/[C@@H]1CO[C@@H]1OC(C)C(O)[C@@H](OC)C1OC. The molecule has 0 aromatic heterocycles. The normalized spacial score (nSPS) is 44.3. The first-order valence-electron chi connectivity index (χ1n) is 22.6. The number of likely N-dealkylation sites (tertiary alicyclic amines) is 1. The van der Waals surface area contributed by atoms with Crippen LogP contribution >= 0.6 is 0 Å². The molecule has 15 nitrogen and oxygen atoms in total. The summed E-state index contributed by atoms with van der Waals surface area (Å²) in [5, 5.41) is 45.3. The summed E-state index contributed by atoms with van der Waals surface area (Å²) in [6.07, 6.45) is -2.96. The summed E-state index contributed by atoms with van der Waals surface area (Å²) in [5.41, 5.74) is 0.761. The molecule has 4 N–H and O–H groups in total. The van der Waals surface area contributed by atoms with Crippen LogP contribution in [0.3, 0.4) is 0 Å². The van der Waals surface area contributed by atoms with Gasteiger partial charge in [-0.15, -0.1) is 0 Å². The zero-order valence-corrected chi connectivity index (χ0v) is 38.9. The van der Waals surface area contributed by atoms with Gasteiger partial charge in [0.15, 0.2) is 18.4 Å². The van der Waals surface area contributed by atoms with Crippen molar-refractivity contribution in [2.45, 2.75) is 167 Å². The molecule has 15 heteroatoms. The zero-order valence-electron chi connectivity index (χ0n) is 38.9. The Labute approximate surface area is 365 Å². The summed E-state index contributed by atoms with van der Waals surface area (Å²) < 4.78 is 42.6. The van der Waals surface area contributed by atoms with Gasteiger partial charge in [0.25, 0.3) is 0 Å². The Bertz CT molecular complexity index is 1420. The lowest BCUT2D eigenvalue weighted by Crippen LogP contribution is -2.63. The number of rotatable bonds is 12. The highest BCUT2D eigenvalue weighted by molar-refractivity contribution is 5.91. The van der Waals surface area contributed by atoms with Gasteiger partial charge in [0, 0.05) is 45.1 Å². The Hall–Kier alpha value is -1.86. The van der Waals surface area contributed by atoms with Crippen LogP contribution in [-0.2, 0) is 42.7 Å². The van der Waals surface area contributed by atoms with Gasteiger partial charge in [0.1, 0.15) is 30.5 Å². The Balaban J connectivity index is 1.68. The number of aliphatic hydroxyl groups is 4. The van der Waals surface area contributed by atoms with Crippen LogP contribution in [0.1, 0.15) is 87.5 Å². The number of hydrogen-bond acceptors (Lipinski definition) is 15. The van der Waals surface area contributed by atoms with E-state index in [1.807, 2.05) is 33.8 Å². The number of carbonyl (C=O) groups is 2. The van der Waals surface area contributed by atoms with Gasteiger partial charge in [0.2, 0.25) is 0 Å². The molecular formula is C46H80N2O13. The van der Waals surface area contributed by atoms with Crippen LogP contribution in [0.15, 0.2) is 23.8 Å². The third kappa shape index (κ3) is 13.8. The van der Waals surface area contributed by atoms with Crippen molar-refractivity contribution in [2.24, 2.45) is 35.5 Å². The van der Waals surface area contributed by atoms with Crippen molar-refractivity contribution in [3.05, 3.63) is 23.8 Å². The zero-order chi connectivity index (χ0) is 45.3. The van der Waals surface area contributed by atoms with Crippen LogP contribution in [0.25, 0.3) is 0 Å². The van der Waals surface area contributed by atoms with Crippen molar-refractivity contribution in [2.75, 3.05) is 54.6 Å². The molecule has 61 heavy (non-hydrogen) atoms. The van der Waals surface area contributed by atoms with E-state index in [-0.39, 0.29) is 24.7 Å². The third-order valence-corrected chi connectivity index (χ3v) is 13.5. The summed E-state index contributed by atoms with van der Waals surface area (Å²) in [6, 6.07) is -0.684. The molecule has 0 aromatic rings. The van der Waals surface area contributed by atoms with Crippen LogP contribution in [0.4, 0.5) is 0 Å². The molecule has 0 aromatic carbocycles. The molecule has 8 unspecified atom stereocenters. The van der Waals surface area contributed by atoms with E-state index in [9.17, 15) is 30.0 Å². The maximum absolute atomic E-state index is 14.0. The number of likely N-dealkylation sites (N-methyl/N-ethyl adjacent to an activating group) is 1. The summed E-state index contributed by atoms with van der Waals surface area (Å²) >= 11 is 0. The summed E-state index contributed by atoms with van der Waals surface area (Å²) in [6.45, 7) is 18.2. The maximum atomic E-state index is 14.0. The molecule has 0 spiro atoms. The van der Waals surface area contributed by atoms with E-state index in [4.69, 9.17) is 33.2 Å². The number of nitrogens with zero attached hydrogens (tertiary/aromatic N) is 2. The van der Waals surface area contributed by atoms with Crippen LogP contribution in [0.2, 0.25) is 0 Å². The van der Waals surface area contributed by atoms with Crippen molar-refractivity contribution in [3.63, 3.8) is 0 Å². The molecule has 0 saturated carbocycles. The monoisotopic (exact) mass is 869 g/mol. The fraction of sp³-hybridized carbons (Fsp3) is 0.870. The van der Waals surface area contributed by atoms with Gasteiger partial charge in [-0.3, -0.25) is 9.59 Å². The van der Waals surface area contributed by atoms with Gasteiger partial charge < -0.3 is 63.4 Å². The highest BCUT2D eigenvalue weighted by Gasteiger charge is 2.48. The van der Waals surface area contributed by atoms with Crippen molar-refractivity contribution >= 4 is 11.8 Å². The number of cyclic esters (lactones) is 1. The highest BCUT2D eigenvalue weighted by Crippen LogP contribution is 2.36. The van der Waals surface area contributed by atoms with E-state index in [1.54, 1.807) is 45.0 Å². The molecule has 19 atom stereocenters. The van der Waals surface area contributed by atoms with E-state index < -0.39 is 103 Å². The molecule has 352 valence electrons. The number of ketones is 1. The van der Waals surface area contributed by atoms with Crippen molar-refractivity contribution in [3.8, 4) is 0 Å². The second-order valence-corrected chi connectivity index (χ2v) is 18.9. The standard InChI is InChI=1S/C46H80N2O13/c1-13-36-33(24-57-46-44(56-12)43(55-11)40(53)31(8)59-46)19-25(2)14-15-34(49)28(5)20-32(16-17-48-22-26(3)18-27(4)23-48)42(29(6)35(50)21-37(51)60-36)61-45-41(54)38(47(9)10)39(52)30(7)58-45/h14-15,19,26-33,35-36,38-46,50,52-54H,13,16-18,20-24H2,1-12H3/b15-14+,25-19+/t26?,27?,28-,29+,30-,31?,32+,33-,35-,36-,38?,39?,40?,41?,42-,43-,44?,45+,46-/m1/s1. The van der Waals surface area contributed by atoms with Gasteiger partial charge in [-0.1, -0.05) is 52.3 Å². The third-order valence-electron chi connectivity index (χ3n) is 13.5. The van der Waals surface area contributed by atoms with Crippen LogP contribution in [0, 0.1) is 35.5 Å². The Morgan fingerprint density at radius 2 is 1.44 bits per heavy atom. The summed E-state index contributed by atoms with van der Waals surface area (Å²) in [4.78, 5) is 32.1. The number of ether oxygens (including phenoxy) is 7. The highest BCUT2D eigenvalue weighted by atomic mass is 16.7. The predicted molar refractivity (Wildman–Crippen MR) is 229 cm³/mol. The molecule has 0 aliphatic carbocycles. The fourth-order valence-corrected chi connectivity index (χ4v) is 10.0. The number of methoxy groups -OCH3 is 2. The second-order valence-electron chi connectivity index (χ2n) is 18.9.